The molecule has 0 aliphatic heterocycles. The van der Waals surface area contributed by atoms with Gasteiger partial charge in [0.05, 0.1) is 6.61 Å². The molecular weight excluding hydrogens is 256 g/mol. The van der Waals surface area contributed by atoms with Crippen LogP contribution in [-0.2, 0) is 7.05 Å². The van der Waals surface area contributed by atoms with E-state index in [9.17, 15) is 4.79 Å². The molecule has 20 heavy (non-hydrogen) atoms. The van der Waals surface area contributed by atoms with E-state index in [-0.39, 0.29) is 6.03 Å². The van der Waals surface area contributed by atoms with Gasteiger partial charge >= 0.3 is 6.03 Å². The van der Waals surface area contributed by atoms with E-state index in [2.05, 4.69) is 15.7 Å². The highest BCUT2D eigenvalue weighted by Gasteiger charge is 2.06. The summed E-state index contributed by atoms with van der Waals surface area (Å²) in [6, 6.07) is 8.67. The summed E-state index contributed by atoms with van der Waals surface area (Å²) in [5.74, 6) is 1.30. The molecule has 0 radical (unpaired) electrons. The third-order valence-electron chi connectivity index (χ3n) is 2.78. The fourth-order valence-electron chi connectivity index (χ4n) is 1.70. The second-order valence-electron chi connectivity index (χ2n) is 4.33. The molecule has 6 nitrogen and oxygen atoms in total. The molecule has 1 heterocycles. The van der Waals surface area contributed by atoms with E-state index in [1.807, 2.05) is 33.0 Å². The molecule has 0 aliphatic rings. The number of aromatic nitrogens is 2. The van der Waals surface area contributed by atoms with Crippen molar-refractivity contribution in [3.63, 3.8) is 0 Å². The molecule has 2 aromatic rings. The van der Waals surface area contributed by atoms with Crippen LogP contribution in [0.5, 0.6) is 5.75 Å². The van der Waals surface area contributed by atoms with Crippen LogP contribution in [0.4, 0.5) is 16.3 Å². The molecule has 0 bridgehead atoms. The number of ether oxygens (including phenoxy) is 1. The lowest BCUT2D eigenvalue weighted by Crippen LogP contribution is -2.19. The van der Waals surface area contributed by atoms with Gasteiger partial charge in [0.25, 0.3) is 0 Å². The number of carbonyl (C=O) groups is 1. The van der Waals surface area contributed by atoms with E-state index in [1.165, 1.54) is 0 Å². The molecule has 0 saturated carbocycles. The summed E-state index contributed by atoms with van der Waals surface area (Å²) in [5.41, 5.74) is 1.67. The molecule has 2 amide bonds. The van der Waals surface area contributed by atoms with Crippen molar-refractivity contribution in [1.82, 2.24) is 9.78 Å². The van der Waals surface area contributed by atoms with E-state index in [0.29, 0.717) is 18.1 Å². The van der Waals surface area contributed by atoms with Crippen molar-refractivity contribution in [3.8, 4) is 5.75 Å². The van der Waals surface area contributed by atoms with Crippen LogP contribution in [0, 0.1) is 6.92 Å². The number of hydrogen-bond acceptors (Lipinski definition) is 3. The molecule has 1 aromatic heterocycles. The standard InChI is InChI=1S/C14H18N4O2/c1-4-20-12-7-5-11(6-8-12)15-14(19)16-13-9-10(2)18(3)17-13/h5-9H,4H2,1-3H3,(H2,15,16,17,19). The highest BCUT2D eigenvalue weighted by molar-refractivity contribution is 5.99. The van der Waals surface area contributed by atoms with Crippen LogP contribution in [0.15, 0.2) is 30.3 Å². The number of nitrogens with one attached hydrogen (secondary N) is 2. The van der Waals surface area contributed by atoms with Crippen LogP contribution >= 0.6 is 0 Å². The fraction of sp³-hybridized carbons (Fsp3) is 0.286. The average Bonchev–Trinajstić information content (AvgIpc) is 2.71. The Labute approximate surface area is 117 Å². The molecule has 0 fully saturated rings. The Morgan fingerprint density at radius 2 is 2.00 bits per heavy atom. The SMILES string of the molecule is CCOc1ccc(NC(=O)Nc2cc(C)n(C)n2)cc1. The van der Waals surface area contributed by atoms with Gasteiger partial charge in [-0.15, -0.1) is 0 Å². The topological polar surface area (TPSA) is 68.2 Å². The van der Waals surface area contributed by atoms with Gasteiger partial charge in [0, 0.05) is 24.5 Å². The highest BCUT2D eigenvalue weighted by Crippen LogP contribution is 2.16. The number of amides is 2. The molecule has 0 atom stereocenters. The summed E-state index contributed by atoms with van der Waals surface area (Å²) in [6.07, 6.45) is 0. The number of nitrogens with zero attached hydrogens (tertiary/aromatic N) is 2. The number of hydrogen-bond donors (Lipinski definition) is 2. The van der Waals surface area contributed by atoms with Gasteiger partial charge in [0.1, 0.15) is 5.75 Å². The van der Waals surface area contributed by atoms with Crippen LogP contribution in [0.3, 0.4) is 0 Å². The zero-order valence-electron chi connectivity index (χ0n) is 11.8. The Balaban J connectivity index is 1.93. The molecule has 1 aromatic carbocycles. The number of aryl methyl sites for hydroxylation is 2. The largest absolute Gasteiger partial charge is 0.494 e. The van der Waals surface area contributed by atoms with Gasteiger partial charge < -0.3 is 10.1 Å². The Bertz CT molecular complexity index is 570. The third kappa shape index (κ3) is 3.50. The van der Waals surface area contributed by atoms with Crippen molar-refractivity contribution >= 4 is 17.5 Å². The molecule has 2 rings (SSSR count). The van der Waals surface area contributed by atoms with Gasteiger partial charge in [0.2, 0.25) is 0 Å². The average molecular weight is 274 g/mol. The second-order valence-corrected chi connectivity index (χ2v) is 4.33. The summed E-state index contributed by atoms with van der Waals surface area (Å²) in [6.45, 7) is 4.46. The molecular formula is C14H18N4O2. The number of benzene rings is 1. The Morgan fingerprint density at radius 1 is 1.30 bits per heavy atom. The normalized spacial score (nSPS) is 10.2. The molecule has 0 spiro atoms. The zero-order valence-corrected chi connectivity index (χ0v) is 11.8. The summed E-state index contributed by atoms with van der Waals surface area (Å²) in [4.78, 5) is 11.8. The molecule has 6 heteroatoms. The molecule has 0 saturated heterocycles. The minimum absolute atomic E-state index is 0.327. The predicted octanol–water partition coefficient (Wildman–Crippen LogP) is 2.77. The van der Waals surface area contributed by atoms with Crippen molar-refractivity contribution in [2.24, 2.45) is 7.05 Å². The first-order chi connectivity index (χ1) is 9.58. The fourth-order valence-corrected chi connectivity index (χ4v) is 1.70. The van der Waals surface area contributed by atoms with Crippen LogP contribution in [0.25, 0.3) is 0 Å². The first-order valence-electron chi connectivity index (χ1n) is 6.40. The summed E-state index contributed by atoms with van der Waals surface area (Å²) in [5, 5.41) is 9.57. The molecule has 0 aliphatic carbocycles. The lowest BCUT2D eigenvalue weighted by Gasteiger charge is -2.07. The lowest BCUT2D eigenvalue weighted by molar-refractivity contribution is 0.262. The first-order valence-corrected chi connectivity index (χ1v) is 6.40. The number of rotatable bonds is 4. The van der Waals surface area contributed by atoms with Gasteiger partial charge in [-0.25, -0.2) is 4.79 Å². The summed E-state index contributed by atoms with van der Waals surface area (Å²) in [7, 11) is 1.82. The van der Waals surface area contributed by atoms with Gasteiger partial charge in [-0.2, -0.15) is 5.10 Å². The van der Waals surface area contributed by atoms with Gasteiger partial charge in [-0.3, -0.25) is 10.00 Å². The first kappa shape index (κ1) is 13.9. The Kier molecular flexibility index (Phi) is 4.24. The number of urea groups is 1. The quantitative estimate of drug-likeness (QED) is 0.900. The van der Waals surface area contributed by atoms with Crippen molar-refractivity contribution in [2.75, 3.05) is 17.2 Å². The van der Waals surface area contributed by atoms with E-state index >= 15 is 0 Å². The van der Waals surface area contributed by atoms with E-state index < -0.39 is 0 Å². The van der Waals surface area contributed by atoms with E-state index in [1.54, 1.807) is 22.9 Å². The van der Waals surface area contributed by atoms with Crippen molar-refractivity contribution in [1.29, 1.82) is 0 Å². The number of carbonyl (C=O) groups excluding carboxylic acids is 1. The zero-order chi connectivity index (χ0) is 14.5. The maximum atomic E-state index is 11.8. The maximum Gasteiger partial charge on any atom is 0.324 e. The van der Waals surface area contributed by atoms with Gasteiger partial charge in [-0.1, -0.05) is 0 Å². The summed E-state index contributed by atoms with van der Waals surface area (Å²) >= 11 is 0. The van der Waals surface area contributed by atoms with Gasteiger partial charge in [-0.05, 0) is 38.1 Å². The van der Waals surface area contributed by atoms with Crippen LogP contribution in [0.1, 0.15) is 12.6 Å². The van der Waals surface area contributed by atoms with Crippen LogP contribution in [0.2, 0.25) is 0 Å². The van der Waals surface area contributed by atoms with Crippen LogP contribution < -0.4 is 15.4 Å². The molecule has 106 valence electrons. The number of anilines is 2. The maximum absolute atomic E-state index is 11.8. The second kappa shape index (κ2) is 6.10. The highest BCUT2D eigenvalue weighted by atomic mass is 16.5. The monoisotopic (exact) mass is 274 g/mol. The molecule has 2 N–H and O–H groups in total. The minimum Gasteiger partial charge on any atom is -0.494 e. The minimum atomic E-state index is -0.327. The van der Waals surface area contributed by atoms with Crippen molar-refractivity contribution in [2.45, 2.75) is 13.8 Å². The van der Waals surface area contributed by atoms with E-state index in [0.717, 1.165) is 11.4 Å². The predicted molar refractivity (Wildman–Crippen MR) is 78.2 cm³/mol. The van der Waals surface area contributed by atoms with E-state index in [4.69, 9.17) is 4.74 Å². The van der Waals surface area contributed by atoms with Crippen LogP contribution in [-0.4, -0.2) is 22.4 Å². The van der Waals surface area contributed by atoms with Crippen molar-refractivity contribution < 1.29 is 9.53 Å². The Hall–Kier alpha value is -2.50. The van der Waals surface area contributed by atoms with Gasteiger partial charge in [0.15, 0.2) is 5.82 Å². The third-order valence-corrected chi connectivity index (χ3v) is 2.78. The van der Waals surface area contributed by atoms with Crippen molar-refractivity contribution in [3.05, 3.63) is 36.0 Å². The molecule has 0 unspecified atom stereocenters. The smallest absolute Gasteiger partial charge is 0.324 e. The Morgan fingerprint density at radius 3 is 2.55 bits per heavy atom. The lowest BCUT2D eigenvalue weighted by atomic mass is 10.3. The summed E-state index contributed by atoms with van der Waals surface area (Å²) < 4.78 is 7.04.